The van der Waals surface area contributed by atoms with Crippen LogP contribution in [0, 0.1) is 10.2 Å². The van der Waals surface area contributed by atoms with Crippen LogP contribution in [-0.2, 0) is 10.2 Å². The van der Waals surface area contributed by atoms with Gasteiger partial charge in [0.25, 0.3) is 0 Å². The molecule has 2 aliphatic heterocycles. The van der Waals surface area contributed by atoms with Crippen LogP contribution in [0.4, 0.5) is 5.69 Å². The van der Waals surface area contributed by atoms with E-state index in [1.807, 2.05) is 0 Å². The highest BCUT2D eigenvalue weighted by Gasteiger charge is 2.37. The van der Waals surface area contributed by atoms with Crippen LogP contribution in [0.5, 0.6) is 0 Å². The number of para-hydroxylation sites is 1. The lowest BCUT2D eigenvalue weighted by atomic mass is 9.84. The lowest BCUT2D eigenvalue weighted by Gasteiger charge is -2.23. The lowest BCUT2D eigenvalue weighted by molar-refractivity contribution is -2.00. The fourth-order valence-corrected chi connectivity index (χ4v) is 3.47. The van der Waals surface area contributed by atoms with Crippen LogP contribution in [-0.4, -0.2) is 44.1 Å². The maximum Gasteiger partial charge on any atom is 0.166 e. The quantitative estimate of drug-likeness (QED) is 0.445. The van der Waals surface area contributed by atoms with Crippen molar-refractivity contribution in [3.63, 3.8) is 0 Å². The Kier molecular flexibility index (Phi) is 8.15. The van der Waals surface area contributed by atoms with Gasteiger partial charge in [-0.25, -0.2) is 23.2 Å². The number of fused-ring (bicyclic) bond motifs is 1. The third kappa shape index (κ3) is 7.08. The zero-order chi connectivity index (χ0) is 21.5. The smallest absolute Gasteiger partial charge is 0.166 e. The van der Waals surface area contributed by atoms with Crippen LogP contribution in [0.15, 0.2) is 60.3 Å². The number of anilines is 1. The molecule has 2 heterocycles. The zero-order valence-corrected chi connectivity index (χ0v) is 17.7. The van der Waals surface area contributed by atoms with Gasteiger partial charge in [-0.3, -0.25) is 0 Å². The normalized spacial score (nSPS) is 20.2. The van der Waals surface area contributed by atoms with Gasteiger partial charge in [0.1, 0.15) is 13.2 Å². The molecule has 1 fully saturated rings. The van der Waals surface area contributed by atoms with Gasteiger partial charge in [-0.2, -0.15) is 0 Å². The first-order chi connectivity index (χ1) is 13.6. The molecular weight excluding hydrogens is 396 g/mol. The van der Waals surface area contributed by atoms with E-state index in [9.17, 15) is 0 Å². The predicted molar refractivity (Wildman–Crippen MR) is 101 cm³/mol. The summed E-state index contributed by atoms with van der Waals surface area (Å²) in [5.41, 5.74) is 4.06. The molecule has 0 aromatic heterocycles. The van der Waals surface area contributed by atoms with Gasteiger partial charge in [0.05, 0.1) is 0 Å². The van der Waals surface area contributed by atoms with E-state index in [4.69, 9.17) is 23.4 Å². The third-order valence-electron chi connectivity index (χ3n) is 4.87. The van der Waals surface area contributed by atoms with E-state index in [1.54, 1.807) is 0 Å². The van der Waals surface area contributed by atoms with Crippen molar-refractivity contribution in [3.05, 3.63) is 65.9 Å². The molecule has 0 N–H and O–H groups in total. The van der Waals surface area contributed by atoms with Crippen molar-refractivity contribution < 1.29 is 38.2 Å². The van der Waals surface area contributed by atoms with Gasteiger partial charge in [-0.15, -0.1) is 10.2 Å². The molecule has 7 nitrogen and oxygen atoms in total. The number of morpholine rings is 1. The number of ether oxygens (including phenoxy) is 1. The first-order valence-corrected chi connectivity index (χ1v) is 10.5. The van der Waals surface area contributed by atoms with E-state index in [0.29, 0.717) is 0 Å². The van der Waals surface area contributed by atoms with E-state index in [-0.39, 0.29) is 5.41 Å². The van der Waals surface area contributed by atoms with Crippen LogP contribution in [0.3, 0.4) is 0 Å². The molecule has 0 amide bonds. The Balaban J connectivity index is 0.000000537. The van der Waals surface area contributed by atoms with Gasteiger partial charge < -0.3 is 9.64 Å². The van der Waals surface area contributed by atoms with Crippen LogP contribution in [0.1, 0.15) is 19.4 Å². The summed E-state index contributed by atoms with van der Waals surface area (Å²) in [6.45, 7) is 8.20. The van der Waals surface area contributed by atoms with Crippen LogP contribution in [0.2, 0.25) is 0 Å². The maximum atomic E-state index is 8.49. The summed E-state index contributed by atoms with van der Waals surface area (Å²) < 4.78 is 41.6. The Morgan fingerprint density at radius 1 is 1.00 bits per heavy atom. The number of benzene rings is 1. The summed E-state index contributed by atoms with van der Waals surface area (Å²) in [6, 6.07) is 8.65. The monoisotopic (exact) mass is 422 g/mol. The minimum absolute atomic E-state index is 0.0410. The van der Waals surface area contributed by atoms with Gasteiger partial charge in [0, 0.05) is 29.9 Å². The lowest BCUT2D eigenvalue weighted by Crippen LogP contribution is -2.68. The van der Waals surface area contributed by atoms with Gasteiger partial charge in [-0.05, 0) is 17.7 Å². The largest absolute Gasteiger partial charge is 0.368 e. The van der Waals surface area contributed by atoms with E-state index in [1.165, 1.54) is 16.9 Å². The second-order valence-corrected chi connectivity index (χ2v) is 7.95. The zero-order valence-electron chi connectivity index (χ0n) is 16.9. The second-order valence-electron chi connectivity index (χ2n) is 7.20. The molecule has 8 heteroatoms. The van der Waals surface area contributed by atoms with E-state index < -0.39 is 10.2 Å². The Morgan fingerprint density at radius 2 is 1.59 bits per heavy atom. The highest BCUT2D eigenvalue weighted by molar-refractivity contribution is 5.70. The number of allylic oxidation sites excluding steroid dienone is 6. The van der Waals surface area contributed by atoms with E-state index >= 15 is 0 Å². The van der Waals surface area contributed by atoms with Crippen molar-refractivity contribution in [3.8, 4) is 0 Å². The van der Waals surface area contributed by atoms with Crippen LogP contribution >= 0.6 is 0 Å². The van der Waals surface area contributed by atoms with Crippen molar-refractivity contribution >= 4 is 11.9 Å². The van der Waals surface area contributed by atoms with Crippen molar-refractivity contribution in [1.29, 1.82) is 0 Å². The summed E-state index contributed by atoms with van der Waals surface area (Å²) in [6.07, 6.45) is 12.8. The molecule has 29 heavy (non-hydrogen) atoms. The number of rotatable bonds is 3. The van der Waals surface area contributed by atoms with Crippen LogP contribution in [0.25, 0.3) is 0 Å². The molecule has 0 unspecified atom stereocenters. The number of hydrogen-bond acceptors (Lipinski definition) is 6. The first kappa shape index (κ1) is 23.3. The third-order valence-corrected chi connectivity index (χ3v) is 4.87. The van der Waals surface area contributed by atoms with Crippen LogP contribution < -0.4 is 23.5 Å². The van der Waals surface area contributed by atoms with Crippen molar-refractivity contribution in [2.45, 2.75) is 19.3 Å². The molecule has 1 saturated heterocycles. The number of likely N-dealkylation sites (N-methyl/N-ethyl adjacent to an activating group) is 1. The molecule has 0 saturated carbocycles. The van der Waals surface area contributed by atoms with Gasteiger partial charge in [-0.1, -0.05) is 50.3 Å². The molecule has 1 aromatic carbocycles. The van der Waals surface area contributed by atoms with E-state index in [0.717, 1.165) is 26.3 Å². The van der Waals surface area contributed by atoms with Gasteiger partial charge in [0.2, 0.25) is 0 Å². The molecule has 0 bridgehead atoms. The number of hydrogen-bond donors (Lipinski definition) is 0. The average molecular weight is 423 g/mol. The minimum Gasteiger partial charge on any atom is -0.368 e. The molecule has 0 atom stereocenters. The number of nitrogens with zero attached hydrogens (tertiary/aromatic N) is 2. The summed E-state index contributed by atoms with van der Waals surface area (Å²) in [4.78, 5) is 2.29. The Bertz CT molecular complexity index is 796. The molecule has 2 aliphatic rings. The average Bonchev–Trinajstić information content (AvgIpc) is 2.84. The van der Waals surface area contributed by atoms with E-state index in [2.05, 4.69) is 91.2 Å². The fourth-order valence-electron chi connectivity index (χ4n) is 3.47. The molecule has 1 aromatic rings. The van der Waals surface area contributed by atoms with Gasteiger partial charge in [0.15, 0.2) is 19.3 Å². The maximum absolute atomic E-state index is 8.49. The molecule has 0 spiro atoms. The summed E-state index contributed by atoms with van der Waals surface area (Å²) in [5, 5.41) is 0. The first-order valence-electron chi connectivity index (χ1n) is 9.26. The molecular formula is C21H27ClN2O5. The molecule has 0 radical (unpaired) electrons. The number of halogens is 1. The SMILES string of the molecule is CN1\C(=C/C=C/C=C/C=[N+]2CCOCC2)C(C)(C)c2ccccc21.[O-][Cl+3]([O-])([O-])[O-]. The van der Waals surface area contributed by atoms with Gasteiger partial charge >= 0.3 is 0 Å². The van der Waals surface area contributed by atoms with Crippen molar-refractivity contribution in [2.75, 3.05) is 38.3 Å². The highest BCUT2D eigenvalue weighted by atomic mass is 35.7. The predicted octanol–water partition coefficient (Wildman–Crippen LogP) is -1.23. The summed E-state index contributed by atoms with van der Waals surface area (Å²) in [7, 11) is -2.80. The molecule has 0 aliphatic carbocycles. The Labute approximate surface area is 173 Å². The summed E-state index contributed by atoms with van der Waals surface area (Å²) in [5.74, 6) is 0. The standard InChI is InChI=1S/C21H27N2O.ClHO4/c1-21(2)18-10-7-8-11-19(18)22(3)20(21)12-6-4-5-9-13-23-14-16-24-17-15-23;2-1(3,4)5/h4-13H,14-17H2,1-3H3;(H,2,3,4,5)/q+1;/p-1. The minimum atomic E-state index is -4.94. The molecule has 3 rings (SSSR count). The fraction of sp³-hybridized carbons (Fsp3) is 0.381. The second kappa shape index (κ2) is 10.2. The molecule has 158 valence electrons. The summed E-state index contributed by atoms with van der Waals surface area (Å²) >= 11 is 0. The van der Waals surface area contributed by atoms with Crippen molar-refractivity contribution in [2.24, 2.45) is 0 Å². The van der Waals surface area contributed by atoms with Crippen molar-refractivity contribution in [1.82, 2.24) is 0 Å². The Hall–Kier alpha value is -2.00. The Morgan fingerprint density at radius 3 is 2.21 bits per heavy atom. The highest BCUT2D eigenvalue weighted by Crippen LogP contribution is 2.46. The topological polar surface area (TPSA) is 108 Å².